The quantitative estimate of drug-likeness (QED) is 0.914. The van der Waals surface area contributed by atoms with Crippen molar-refractivity contribution in [2.45, 2.75) is 33.9 Å². The molecule has 0 saturated heterocycles. The van der Waals surface area contributed by atoms with Crippen molar-refractivity contribution in [3.05, 3.63) is 58.4 Å². The minimum absolute atomic E-state index is 0.496. The summed E-state index contributed by atoms with van der Waals surface area (Å²) in [6, 6.07) is 8.13. The van der Waals surface area contributed by atoms with Crippen LogP contribution in [0.1, 0.15) is 27.9 Å². The van der Waals surface area contributed by atoms with Crippen LogP contribution < -0.4 is 10.5 Å². The Balaban J connectivity index is 2.18. The molecule has 1 aromatic carbocycles. The summed E-state index contributed by atoms with van der Waals surface area (Å²) in [6.45, 7) is 7.19. The van der Waals surface area contributed by atoms with Crippen molar-refractivity contribution in [2.75, 3.05) is 0 Å². The second-order valence-corrected chi connectivity index (χ2v) is 4.82. The SMILES string of the molecule is Cc1cccnc1COc1c(C)cc(CN)cc1C. The fraction of sp³-hybridized carbons (Fsp3) is 0.312. The van der Waals surface area contributed by atoms with E-state index < -0.39 is 0 Å². The fourth-order valence-electron chi connectivity index (χ4n) is 2.20. The van der Waals surface area contributed by atoms with Crippen LogP contribution in [-0.2, 0) is 13.2 Å². The Kier molecular flexibility index (Phi) is 4.17. The molecule has 0 aliphatic heterocycles. The molecular weight excluding hydrogens is 236 g/mol. The molecule has 3 heteroatoms. The molecule has 0 fully saturated rings. The van der Waals surface area contributed by atoms with Crippen molar-refractivity contribution in [3.8, 4) is 5.75 Å². The van der Waals surface area contributed by atoms with E-state index in [-0.39, 0.29) is 0 Å². The first-order valence-corrected chi connectivity index (χ1v) is 6.45. The summed E-state index contributed by atoms with van der Waals surface area (Å²) in [5.74, 6) is 0.933. The summed E-state index contributed by atoms with van der Waals surface area (Å²) in [6.07, 6.45) is 1.79. The van der Waals surface area contributed by atoms with Gasteiger partial charge in [-0.05, 0) is 49.1 Å². The molecule has 100 valence electrons. The van der Waals surface area contributed by atoms with E-state index in [4.69, 9.17) is 10.5 Å². The first kappa shape index (κ1) is 13.6. The van der Waals surface area contributed by atoms with Crippen LogP contribution in [-0.4, -0.2) is 4.98 Å². The second kappa shape index (κ2) is 5.85. The van der Waals surface area contributed by atoms with E-state index in [1.54, 1.807) is 6.20 Å². The van der Waals surface area contributed by atoms with E-state index in [1.165, 1.54) is 0 Å². The second-order valence-electron chi connectivity index (χ2n) is 4.82. The molecule has 1 aromatic heterocycles. The Morgan fingerprint density at radius 3 is 2.37 bits per heavy atom. The zero-order valence-electron chi connectivity index (χ0n) is 11.7. The number of nitrogens with zero attached hydrogens (tertiary/aromatic N) is 1. The van der Waals surface area contributed by atoms with Gasteiger partial charge in [0.2, 0.25) is 0 Å². The third kappa shape index (κ3) is 3.12. The molecule has 1 heterocycles. The van der Waals surface area contributed by atoms with Crippen LogP contribution in [0.5, 0.6) is 5.75 Å². The Labute approximate surface area is 114 Å². The molecule has 2 rings (SSSR count). The van der Waals surface area contributed by atoms with Crippen LogP contribution in [0.15, 0.2) is 30.5 Å². The van der Waals surface area contributed by atoms with Crippen LogP contribution in [0.25, 0.3) is 0 Å². The van der Waals surface area contributed by atoms with Crippen LogP contribution in [0.3, 0.4) is 0 Å². The summed E-state index contributed by atoms with van der Waals surface area (Å²) in [4.78, 5) is 4.34. The largest absolute Gasteiger partial charge is 0.487 e. The molecule has 0 aliphatic rings. The lowest BCUT2D eigenvalue weighted by Gasteiger charge is -2.14. The van der Waals surface area contributed by atoms with Gasteiger partial charge in [-0.1, -0.05) is 18.2 Å². The van der Waals surface area contributed by atoms with E-state index in [2.05, 4.69) is 17.1 Å². The van der Waals surface area contributed by atoms with Crippen molar-refractivity contribution >= 4 is 0 Å². The monoisotopic (exact) mass is 256 g/mol. The summed E-state index contributed by atoms with van der Waals surface area (Å²) in [7, 11) is 0. The van der Waals surface area contributed by atoms with Crippen LogP contribution in [0.2, 0.25) is 0 Å². The van der Waals surface area contributed by atoms with Crippen molar-refractivity contribution in [1.82, 2.24) is 4.98 Å². The predicted molar refractivity (Wildman–Crippen MR) is 77.1 cm³/mol. The van der Waals surface area contributed by atoms with Gasteiger partial charge in [0, 0.05) is 12.7 Å². The molecule has 0 spiro atoms. The number of hydrogen-bond donors (Lipinski definition) is 1. The van der Waals surface area contributed by atoms with E-state index in [0.717, 1.165) is 33.7 Å². The van der Waals surface area contributed by atoms with Crippen molar-refractivity contribution < 1.29 is 4.74 Å². The number of aryl methyl sites for hydroxylation is 3. The van der Waals surface area contributed by atoms with E-state index in [1.807, 2.05) is 32.9 Å². The highest BCUT2D eigenvalue weighted by molar-refractivity contribution is 5.43. The topological polar surface area (TPSA) is 48.1 Å². The Morgan fingerprint density at radius 2 is 1.79 bits per heavy atom. The van der Waals surface area contributed by atoms with E-state index >= 15 is 0 Å². The van der Waals surface area contributed by atoms with E-state index in [9.17, 15) is 0 Å². The maximum atomic E-state index is 5.93. The Morgan fingerprint density at radius 1 is 1.11 bits per heavy atom. The molecule has 0 atom stereocenters. The highest BCUT2D eigenvalue weighted by atomic mass is 16.5. The summed E-state index contributed by atoms with van der Waals surface area (Å²) in [5, 5.41) is 0. The average molecular weight is 256 g/mol. The van der Waals surface area contributed by atoms with Crippen LogP contribution >= 0.6 is 0 Å². The van der Waals surface area contributed by atoms with Gasteiger partial charge >= 0.3 is 0 Å². The lowest BCUT2D eigenvalue weighted by Crippen LogP contribution is -2.04. The third-order valence-electron chi connectivity index (χ3n) is 3.23. The Hall–Kier alpha value is -1.87. The summed E-state index contributed by atoms with van der Waals surface area (Å²) < 4.78 is 5.93. The van der Waals surface area contributed by atoms with Crippen molar-refractivity contribution in [3.63, 3.8) is 0 Å². The number of nitrogens with two attached hydrogens (primary N) is 1. The predicted octanol–water partition coefficient (Wildman–Crippen LogP) is 3.04. The van der Waals surface area contributed by atoms with E-state index in [0.29, 0.717) is 13.2 Å². The van der Waals surface area contributed by atoms with Gasteiger partial charge in [-0.3, -0.25) is 4.98 Å². The van der Waals surface area contributed by atoms with Gasteiger partial charge in [0.1, 0.15) is 12.4 Å². The zero-order valence-corrected chi connectivity index (χ0v) is 11.7. The normalized spacial score (nSPS) is 10.5. The third-order valence-corrected chi connectivity index (χ3v) is 3.23. The fourth-order valence-corrected chi connectivity index (χ4v) is 2.20. The zero-order chi connectivity index (χ0) is 13.8. The lowest BCUT2D eigenvalue weighted by atomic mass is 10.1. The summed E-state index contributed by atoms with van der Waals surface area (Å²) in [5.41, 5.74) is 11.2. The Bertz CT molecular complexity index is 556. The molecule has 2 aromatic rings. The molecule has 0 unspecified atom stereocenters. The molecule has 0 bridgehead atoms. The number of benzene rings is 1. The highest BCUT2D eigenvalue weighted by Gasteiger charge is 2.07. The van der Waals surface area contributed by atoms with Gasteiger partial charge < -0.3 is 10.5 Å². The number of rotatable bonds is 4. The lowest BCUT2D eigenvalue weighted by molar-refractivity contribution is 0.296. The number of hydrogen-bond acceptors (Lipinski definition) is 3. The van der Waals surface area contributed by atoms with Gasteiger partial charge in [-0.15, -0.1) is 0 Å². The molecular formula is C16H20N2O. The van der Waals surface area contributed by atoms with Gasteiger partial charge in [-0.25, -0.2) is 0 Å². The van der Waals surface area contributed by atoms with Gasteiger partial charge in [0.05, 0.1) is 5.69 Å². The molecule has 2 N–H and O–H groups in total. The standard InChI is InChI=1S/C16H20N2O/c1-11-5-4-6-18-15(11)10-19-16-12(2)7-14(9-17)8-13(16)3/h4-8H,9-10,17H2,1-3H3. The summed E-state index contributed by atoms with van der Waals surface area (Å²) >= 11 is 0. The minimum atomic E-state index is 0.496. The molecule has 3 nitrogen and oxygen atoms in total. The average Bonchev–Trinajstić information content (AvgIpc) is 2.39. The van der Waals surface area contributed by atoms with Gasteiger partial charge in [-0.2, -0.15) is 0 Å². The molecule has 0 radical (unpaired) electrons. The number of aromatic nitrogens is 1. The smallest absolute Gasteiger partial charge is 0.130 e. The van der Waals surface area contributed by atoms with Crippen LogP contribution in [0.4, 0.5) is 0 Å². The first-order chi connectivity index (χ1) is 9.11. The molecule has 19 heavy (non-hydrogen) atoms. The highest BCUT2D eigenvalue weighted by Crippen LogP contribution is 2.25. The molecule has 0 aliphatic carbocycles. The van der Waals surface area contributed by atoms with Gasteiger partial charge in [0.25, 0.3) is 0 Å². The van der Waals surface area contributed by atoms with Gasteiger partial charge in [0.15, 0.2) is 0 Å². The number of ether oxygens (including phenoxy) is 1. The first-order valence-electron chi connectivity index (χ1n) is 6.45. The molecule has 0 saturated carbocycles. The van der Waals surface area contributed by atoms with Crippen molar-refractivity contribution in [1.29, 1.82) is 0 Å². The molecule has 0 amide bonds. The number of pyridine rings is 1. The maximum Gasteiger partial charge on any atom is 0.130 e. The van der Waals surface area contributed by atoms with Crippen LogP contribution in [0, 0.1) is 20.8 Å². The van der Waals surface area contributed by atoms with Crippen molar-refractivity contribution in [2.24, 2.45) is 5.73 Å². The minimum Gasteiger partial charge on any atom is -0.487 e. The maximum absolute atomic E-state index is 5.93.